The summed E-state index contributed by atoms with van der Waals surface area (Å²) in [4.78, 5) is 11.7. The molecule has 110 valence electrons. The van der Waals surface area contributed by atoms with E-state index in [1.807, 2.05) is 32.0 Å². The van der Waals surface area contributed by atoms with Crippen LogP contribution in [0.4, 0.5) is 0 Å². The summed E-state index contributed by atoms with van der Waals surface area (Å²) in [5.74, 6) is 1.69. The number of fused-ring (bicyclic) bond motifs is 1. The highest BCUT2D eigenvalue weighted by molar-refractivity contribution is 8.15. The molecule has 0 radical (unpaired) electrons. The Balaban J connectivity index is 1.67. The lowest BCUT2D eigenvalue weighted by atomic mass is 10.1. The first-order valence-electron chi connectivity index (χ1n) is 6.61. The number of amidine groups is 1. The monoisotopic (exact) mass is 305 g/mol. The zero-order valence-electron chi connectivity index (χ0n) is 11.7. The van der Waals surface area contributed by atoms with E-state index in [4.69, 9.17) is 9.47 Å². The van der Waals surface area contributed by atoms with Gasteiger partial charge in [0, 0.05) is 0 Å². The Labute approximate surface area is 126 Å². The van der Waals surface area contributed by atoms with Crippen LogP contribution in [-0.4, -0.2) is 29.3 Å². The molecule has 6 nitrogen and oxygen atoms in total. The van der Waals surface area contributed by atoms with Crippen LogP contribution in [0.2, 0.25) is 0 Å². The zero-order chi connectivity index (χ0) is 14.8. The summed E-state index contributed by atoms with van der Waals surface area (Å²) in [7, 11) is 0. The number of amides is 1. The summed E-state index contributed by atoms with van der Waals surface area (Å²) >= 11 is 1.41. The van der Waals surface area contributed by atoms with Crippen molar-refractivity contribution in [1.82, 2.24) is 5.32 Å². The van der Waals surface area contributed by atoms with Crippen molar-refractivity contribution in [3.8, 4) is 11.5 Å². The van der Waals surface area contributed by atoms with Gasteiger partial charge < -0.3 is 14.8 Å². The van der Waals surface area contributed by atoms with Gasteiger partial charge in [0.2, 0.25) is 12.7 Å². The standard InChI is InChI=1S/C14H15N3O3S/c1-8(2)12-13(18)16-14(21-12)17-15-6-9-3-4-10-11(5-9)20-7-19-10/h3-6,8,12H,7H2,1-2H3,(H,16,17,18). The molecule has 0 bridgehead atoms. The number of ether oxygens (including phenoxy) is 2. The highest BCUT2D eigenvalue weighted by Crippen LogP contribution is 2.32. The summed E-state index contributed by atoms with van der Waals surface area (Å²) in [5, 5.41) is 11.2. The number of carbonyl (C=O) groups is 1. The Kier molecular flexibility index (Phi) is 3.83. The number of nitrogens with zero attached hydrogens (tertiary/aromatic N) is 2. The second kappa shape index (κ2) is 5.77. The topological polar surface area (TPSA) is 72.3 Å². The van der Waals surface area contributed by atoms with Gasteiger partial charge in [-0.2, -0.15) is 5.10 Å². The van der Waals surface area contributed by atoms with Gasteiger partial charge in [-0.3, -0.25) is 4.79 Å². The van der Waals surface area contributed by atoms with E-state index in [-0.39, 0.29) is 23.9 Å². The Morgan fingerprint density at radius 2 is 2.19 bits per heavy atom. The van der Waals surface area contributed by atoms with Gasteiger partial charge in [0.25, 0.3) is 0 Å². The maximum atomic E-state index is 11.7. The molecule has 21 heavy (non-hydrogen) atoms. The van der Waals surface area contributed by atoms with Gasteiger partial charge in [0.1, 0.15) is 0 Å². The molecule has 2 aliphatic rings. The molecule has 2 heterocycles. The lowest BCUT2D eigenvalue weighted by Gasteiger charge is -2.07. The van der Waals surface area contributed by atoms with E-state index in [1.165, 1.54) is 11.8 Å². The van der Waals surface area contributed by atoms with E-state index < -0.39 is 0 Å². The predicted molar refractivity (Wildman–Crippen MR) is 82.0 cm³/mol. The van der Waals surface area contributed by atoms with Crippen LogP contribution in [0.25, 0.3) is 0 Å². The van der Waals surface area contributed by atoms with Gasteiger partial charge in [-0.25, -0.2) is 0 Å². The van der Waals surface area contributed by atoms with Crippen molar-refractivity contribution in [3.05, 3.63) is 23.8 Å². The molecule has 3 rings (SSSR count). The van der Waals surface area contributed by atoms with E-state index in [0.717, 1.165) is 11.3 Å². The lowest BCUT2D eigenvalue weighted by molar-refractivity contribution is -0.119. The van der Waals surface area contributed by atoms with E-state index in [9.17, 15) is 4.79 Å². The van der Waals surface area contributed by atoms with E-state index in [1.54, 1.807) is 6.21 Å². The van der Waals surface area contributed by atoms with Gasteiger partial charge in [-0.15, -0.1) is 5.10 Å². The van der Waals surface area contributed by atoms with Crippen molar-refractivity contribution < 1.29 is 14.3 Å². The summed E-state index contributed by atoms with van der Waals surface area (Å²) in [5.41, 5.74) is 0.860. The van der Waals surface area contributed by atoms with Crippen molar-refractivity contribution in [1.29, 1.82) is 0 Å². The van der Waals surface area contributed by atoms with Crippen LogP contribution in [0.15, 0.2) is 28.4 Å². The molecule has 1 saturated heterocycles. The Hall–Kier alpha value is -2.02. The van der Waals surface area contributed by atoms with Crippen LogP contribution in [0.3, 0.4) is 0 Å². The van der Waals surface area contributed by atoms with Gasteiger partial charge in [0.05, 0.1) is 11.5 Å². The molecule has 0 saturated carbocycles. The fourth-order valence-electron chi connectivity index (χ4n) is 2.01. The lowest BCUT2D eigenvalue weighted by Crippen LogP contribution is -2.27. The molecule has 1 aromatic carbocycles. The van der Waals surface area contributed by atoms with Crippen molar-refractivity contribution in [3.63, 3.8) is 0 Å². The zero-order valence-corrected chi connectivity index (χ0v) is 12.5. The number of rotatable bonds is 3. The fraction of sp³-hybridized carbons (Fsp3) is 0.357. The molecule has 1 fully saturated rings. The molecular weight excluding hydrogens is 290 g/mol. The van der Waals surface area contributed by atoms with Crippen LogP contribution in [0.5, 0.6) is 11.5 Å². The summed E-state index contributed by atoms with van der Waals surface area (Å²) in [6, 6.07) is 5.54. The average Bonchev–Trinajstić information content (AvgIpc) is 3.04. The minimum absolute atomic E-state index is 0.00738. The first kappa shape index (κ1) is 13.9. The first-order chi connectivity index (χ1) is 10.1. The second-order valence-electron chi connectivity index (χ2n) is 5.03. The fourth-order valence-corrected chi connectivity index (χ4v) is 2.94. The van der Waals surface area contributed by atoms with E-state index in [0.29, 0.717) is 10.9 Å². The molecule has 0 aromatic heterocycles. The van der Waals surface area contributed by atoms with Crippen molar-refractivity contribution >= 4 is 29.1 Å². The number of benzene rings is 1. The maximum Gasteiger partial charge on any atom is 0.239 e. The second-order valence-corrected chi connectivity index (χ2v) is 6.16. The van der Waals surface area contributed by atoms with Crippen LogP contribution in [0, 0.1) is 5.92 Å². The molecule has 7 heteroatoms. The molecule has 0 aliphatic carbocycles. The highest BCUT2D eigenvalue weighted by atomic mass is 32.2. The maximum absolute atomic E-state index is 11.7. The number of thioether (sulfide) groups is 1. The molecular formula is C14H15N3O3S. The van der Waals surface area contributed by atoms with Gasteiger partial charge >= 0.3 is 0 Å². The summed E-state index contributed by atoms with van der Waals surface area (Å²) in [6.45, 7) is 4.27. The van der Waals surface area contributed by atoms with Crippen LogP contribution in [0.1, 0.15) is 19.4 Å². The van der Waals surface area contributed by atoms with Crippen LogP contribution >= 0.6 is 11.8 Å². The van der Waals surface area contributed by atoms with Gasteiger partial charge in [-0.05, 0) is 29.7 Å². The van der Waals surface area contributed by atoms with Crippen LogP contribution < -0.4 is 14.8 Å². The third kappa shape index (κ3) is 3.02. The predicted octanol–water partition coefficient (Wildman–Crippen LogP) is 1.99. The summed E-state index contributed by atoms with van der Waals surface area (Å²) < 4.78 is 10.5. The third-order valence-electron chi connectivity index (χ3n) is 3.08. The van der Waals surface area contributed by atoms with Gasteiger partial charge in [-0.1, -0.05) is 25.6 Å². The quantitative estimate of drug-likeness (QED) is 0.685. The summed E-state index contributed by atoms with van der Waals surface area (Å²) in [6.07, 6.45) is 1.62. The number of hydrogen-bond donors (Lipinski definition) is 1. The molecule has 0 spiro atoms. The highest BCUT2D eigenvalue weighted by Gasteiger charge is 2.32. The minimum Gasteiger partial charge on any atom is -0.454 e. The smallest absolute Gasteiger partial charge is 0.239 e. The molecule has 1 N–H and O–H groups in total. The Morgan fingerprint density at radius 1 is 1.38 bits per heavy atom. The Morgan fingerprint density at radius 3 is 2.95 bits per heavy atom. The largest absolute Gasteiger partial charge is 0.454 e. The third-order valence-corrected chi connectivity index (χ3v) is 4.50. The Bertz CT molecular complexity index is 628. The molecule has 1 amide bonds. The SMILES string of the molecule is CC(C)C1S/C(=N/N=Cc2ccc3c(c2)OCO3)NC1=O. The molecule has 1 atom stereocenters. The first-order valence-corrected chi connectivity index (χ1v) is 7.49. The van der Waals surface area contributed by atoms with E-state index >= 15 is 0 Å². The molecule has 1 aromatic rings. The molecule has 2 aliphatic heterocycles. The number of hydrogen-bond acceptors (Lipinski definition) is 6. The minimum atomic E-state index is -0.0931. The van der Waals surface area contributed by atoms with Crippen molar-refractivity contribution in [2.24, 2.45) is 16.1 Å². The normalized spacial score (nSPS) is 22.5. The van der Waals surface area contributed by atoms with E-state index in [2.05, 4.69) is 15.5 Å². The van der Waals surface area contributed by atoms with Gasteiger partial charge in [0.15, 0.2) is 16.7 Å². The number of carbonyl (C=O) groups excluding carboxylic acids is 1. The van der Waals surface area contributed by atoms with Crippen molar-refractivity contribution in [2.45, 2.75) is 19.1 Å². The van der Waals surface area contributed by atoms with Crippen molar-refractivity contribution in [2.75, 3.05) is 6.79 Å². The number of nitrogens with one attached hydrogen (secondary N) is 1. The average molecular weight is 305 g/mol. The van der Waals surface area contributed by atoms with Crippen LogP contribution in [-0.2, 0) is 4.79 Å². The molecule has 1 unspecified atom stereocenters.